The number of anilines is 1. The Morgan fingerprint density at radius 3 is 2.44 bits per heavy atom. The van der Waals surface area contributed by atoms with Crippen molar-refractivity contribution in [3.63, 3.8) is 0 Å². The van der Waals surface area contributed by atoms with Gasteiger partial charge in [0.05, 0.1) is 35.0 Å². The highest BCUT2D eigenvalue weighted by Crippen LogP contribution is 2.53. The number of amides is 3. The fourth-order valence-electron chi connectivity index (χ4n) is 5.37. The lowest BCUT2D eigenvalue weighted by Gasteiger charge is -2.43. The Morgan fingerprint density at radius 2 is 1.81 bits per heavy atom. The second-order valence-electron chi connectivity index (χ2n) is 9.09. The fraction of sp³-hybridized carbons (Fsp3) is 0.478. The molecule has 0 bridgehead atoms. The van der Waals surface area contributed by atoms with Crippen LogP contribution in [0.5, 0.6) is 5.75 Å². The van der Waals surface area contributed by atoms with Crippen LogP contribution in [0.15, 0.2) is 18.2 Å². The maximum atomic E-state index is 13.7. The molecule has 0 N–H and O–H groups in total. The first-order chi connectivity index (χ1) is 15.3. The summed E-state index contributed by atoms with van der Waals surface area (Å²) < 4.78 is 6.21. The lowest BCUT2D eigenvalue weighted by Crippen LogP contribution is -2.52. The average molecular weight is 489 g/mol. The second-order valence-corrected chi connectivity index (χ2v) is 11.9. The molecule has 3 aliphatic rings. The molecule has 9 heteroatoms. The topological polar surface area (TPSA) is 66.9 Å². The van der Waals surface area contributed by atoms with Gasteiger partial charge in [-0.05, 0) is 44.9 Å². The molecule has 0 unspecified atom stereocenters. The van der Waals surface area contributed by atoms with Gasteiger partial charge in [0.15, 0.2) is 0 Å². The zero-order valence-electron chi connectivity index (χ0n) is 18.2. The van der Waals surface area contributed by atoms with Gasteiger partial charge in [-0.2, -0.15) is 0 Å². The van der Waals surface area contributed by atoms with Gasteiger partial charge in [0.25, 0.3) is 0 Å². The summed E-state index contributed by atoms with van der Waals surface area (Å²) in [4.78, 5) is 43.6. The molecule has 1 saturated heterocycles. The molecule has 3 heterocycles. The van der Waals surface area contributed by atoms with E-state index in [0.29, 0.717) is 5.75 Å². The van der Waals surface area contributed by atoms with Crippen molar-refractivity contribution in [3.05, 3.63) is 26.9 Å². The van der Waals surface area contributed by atoms with Crippen LogP contribution in [0, 0.1) is 15.7 Å². The summed E-state index contributed by atoms with van der Waals surface area (Å²) in [6, 6.07) is 5.58. The minimum atomic E-state index is -0.662. The van der Waals surface area contributed by atoms with Crippen LogP contribution in [-0.2, 0) is 19.9 Å². The number of nitrogens with zero attached hydrogens (tertiary/aromatic N) is 2. The van der Waals surface area contributed by atoms with Crippen LogP contribution in [-0.4, -0.2) is 36.3 Å². The predicted octanol–water partition coefficient (Wildman–Crippen LogP) is 4.97. The number of hydrogen-bond acceptors (Lipinski definition) is 7. The van der Waals surface area contributed by atoms with Gasteiger partial charge in [-0.1, -0.05) is 45.7 Å². The van der Waals surface area contributed by atoms with Crippen molar-refractivity contribution in [3.8, 4) is 16.9 Å². The predicted molar refractivity (Wildman–Crippen MR) is 128 cm³/mol. The Hall–Kier alpha value is -2.10. The van der Waals surface area contributed by atoms with Crippen LogP contribution in [0.25, 0.3) is 11.1 Å². The molecular weight excluding hydrogens is 464 g/mol. The van der Waals surface area contributed by atoms with E-state index in [2.05, 4.69) is 0 Å². The van der Waals surface area contributed by atoms with Gasteiger partial charge >= 0.3 is 0 Å². The Kier molecular flexibility index (Phi) is 5.26. The van der Waals surface area contributed by atoms with E-state index in [0.717, 1.165) is 51.2 Å². The Labute approximate surface area is 199 Å². The molecule has 1 aromatic heterocycles. The van der Waals surface area contributed by atoms with Gasteiger partial charge in [0, 0.05) is 11.1 Å². The van der Waals surface area contributed by atoms with E-state index in [1.807, 2.05) is 32.0 Å². The van der Waals surface area contributed by atoms with Crippen molar-refractivity contribution in [1.82, 2.24) is 4.90 Å². The van der Waals surface area contributed by atoms with Crippen LogP contribution in [0.2, 0.25) is 0 Å². The highest BCUT2D eigenvalue weighted by molar-refractivity contribution is 7.80. The zero-order valence-corrected chi connectivity index (χ0v) is 20.6. The number of ether oxygens (including phenoxy) is 1. The molecular formula is C23H24N2O4S3. The Bertz CT molecular complexity index is 1170. The SMILES string of the molecule is COc1ccc2c(c1)-c1c(ssc1=S)C(C)(C)N2C(=O)CN1C(=O)[C@@H]2CCCC[C@H]2C1=O. The lowest BCUT2D eigenvalue weighted by molar-refractivity contribution is -0.143. The zero-order chi connectivity index (χ0) is 22.8. The fourth-order valence-corrected chi connectivity index (χ4v) is 8.66. The number of carbonyl (C=O) groups is 3. The summed E-state index contributed by atoms with van der Waals surface area (Å²) in [5.41, 5.74) is 1.88. The summed E-state index contributed by atoms with van der Waals surface area (Å²) in [6.45, 7) is 3.75. The second kappa shape index (κ2) is 7.74. The van der Waals surface area contributed by atoms with Crippen LogP contribution < -0.4 is 9.64 Å². The molecule has 5 rings (SSSR count). The standard InChI is InChI=1S/C23H24N2O4S3/c1-23(2)19-18(22(30)32-31-19)15-10-12(29-3)8-9-16(15)25(23)17(26)11-24-20(27)13-6-4-5-7-14(13)21(24)28/h8-10,13-14H,4-7,11H2,1-3H3/t13-,14-/m1/s1. The number of fused-ring (bicyclic) bond motifs is 4. The summed E-state index contributed by atoms with van der Waals surface area (Å²) in [5, 5.41) is 0. The van der Waals surface area contributed by atoms with E-state index in [1.165, 1.54) is 15.2 Å². The van der Waals surface area contributed by atoms with Gasteiger partial charge in [0.1, 0.15) is 16.1 Å². The summed E-state index contributed by atoms with van der Waals surface area (Å²) in [7, 11) is 4.70. The summed E-state index contributed by atoms with van der Waals surface area (Å²) in [6.07, 6.45) is 3.39. The Balaban J connectivity index is 1.55. The largest absolute Gasteiger partial charge is 0.497 e. The van der Waals surface area contributed by atoms with Crippen molar-refractivity contribution in [2.24, 2.45) is 11.8 Å². The van der Waals surface area contributed by atoms with Crippen LogP contribution in [0.4, 0.5) is 5.69 Å². The first-order valence-electron chi connectivity index (χ1n) is 10.8. The lowest BCUT2D eigenvalue weighted by atomic mass is 9.81. The highest BCUT2D eigenvalue weighted by Gasteiger charge is 2.50. The third kappa shape index (κ3) is 3.08. The van der Waals surface area contributed by atoms with Crippen molar-refractivity contribution in [2.45, 2.75) is 45.1 Å². The van der Waals surface area contributed by atoms with Gasteiger partial charge in [0.2, 0.25) is 17.7 Å². The van der Waals surface area contributed by atoms with E-state index < -0.39 is 5.54 Å². The van der Waals surface area contributed by atoms with E-state index >= 15 is 0 Å². The quantitative estimate of drug-likeness (QED) is 0.347. The molecule has 168 valence electrons. The molecule has 1 saturated carbocycles. The maximum absolute atomic E-state index is 13.7. The maximum Gasteiger partial charge on any atom is 0.247 e. The molecule has 1 aliphatic carbocycles. The van der Waals surface area contributed by atoms with E-state index in [4.69, 9.17) is 17.0 Å². The van der Waals surface area contributed by atoms with Gasteiger partial charge < -0.3 is 4.74 Å². The van der Waals surface area contributed by atoms with Crippen molar-refractivity contribution >= 4 is 56.3 Å². The first-order valence-corrected chi connectivity index (χ1v) is 13.3. The van der Waals surface area contributed by atoms with E-state index in [-0.39, 0.29) is 36.1 Å². The van der Waals surface area contributed by atoms with E-state index in [9.17, 15) is 14.4 Å². The average Bonchev–Trinajstić information content (AvgIpc) is 3.28. The molecule has 2 aliphatic heterocycles. The molecule has 0 radical (unpaired) electrons. The first kappa shape index (κ1) is 21.7. The summed E-state index contributed by atoms with van der Waals surface area (Å²) >= 11 is 5.63. The number of rotatable bonds is 3. The minimum absolute atomic E-state index is 0.190. The van der Waals surface area contributed by atoms with Crippen molar-refractivity contribution < 1.29 is 19.1 Å². The van der Waals surface area contributed by atoms with Crippen molar-refractivity contribution in [1.29, 1.82) is 0 Å². The molecule has 0 spiro atoms. The smallest absolute Gasteiger partial charge is 0.247 e. The molecule has 6 nitrogen and oxygen atoms in total. The summed E-state index contributed by atoms with van der Waals surface area (Å²) in [5.74, 6) is -0.487. The minimum Gasteiger partial charge on any atom is -0.497 e. The third-order valence-corrected chi connectivity index (χ3v) is 10.3. The van der Waals surface area contributed by atoms with Crippen LogP contribution >= 0.6 is 32.9 Å². The number of benzene rings is 1. The number of hydrogen-bond donors (Lipinski definition) is 0. The molecule has 32 heavy (non-hydrogen) atoms. The van der Waals surface area contributed by atoms with E-state index in [1.54, 1.807) is 22.4 Å². The normalized spacial score (nSPS) is 23.6. The van der Waals surface area contributed by atoms with Crippen molar-refractivity contribution in [2.75, 3.05) is 18.6 Å². The number of imide groups is 1. The Morgan fingerprint density at radius 1 is 1.16 bits per heavy atom. The van der Waals surface area contributed by atoms with Crippen LogP contribution in [0.1, 0.15) is 44.4 Å². The van der Waals surface area contributed by atoms with Gasteiger partial charge in [-0.3, -0.25) is 24.2 Å². The molecule has 2 atom stereocenters. The number of methoxy groups -OCH3 is 1. The monoisotopic (exact) mass is 488 g/mol. The van der Waals surface area contributed by atoms with Gasteiger partial charge in [-0.25, -0.2) is 0 Å². The molecule has 3 amide bonds. The molecule has 2 fully saturated rings. The molecule has 1 aromatic carbocycles. The number of likely N-dealkylation sites (tertiary alicyclic amines) is 1. The third-order valence-electron chi connectivity index (χ3n) is 6.94. The van der Waals surface area contributed by atoms with Crippen LogP contribution in [0.3, 0.4) is 0 Å². The number of carbonyl (C=O) groups excluding carboxylic acids is 3. The molecule has 2 aromatic rings. The highest BCUT2D eigenvalue weighted by atomic mass is 32.9. The van der Waals surface area contributed by atoms with Gasteiger partial charge in [-0.15, -0.1) is 0 Å².